The number of hydrogen-bond donors (Lipinski definition) is 2. The summed E-state index contributed by atoms with van der Waals surface area (Å²) in [5.74, 6) is 0.998. The quantitative estimate of drug-likeness (QED) is 0.682. The van der Waals surface area contributed by atoms with Gasteiger partial charge < -0.3 is 14.8 Å². The molecule has 1 atom stereocenters. The number of ether oxygens (including phenoxy) is 2. The van der Waals surface area contributed by atoms with Gasteiger partial charge in [0.15, 0.2) is 11.5 Å². The maximum Gasteiger partial charge on any atom is 0.251 e. The summed E-state index contributed by atoms with van der Waals surface area (Å²) in [5.41, 5.74) is 5.52. The Hall–Kier alpha value is -2.87. The van der Waals surface area contributed by atoms with Crippen molar-refractivity contribution in [2.24, 2.45) is 0 Å². The van der Waals surface area contributed by atoms with Crippen molar-refractivity contribution in [3.63, 3.8) is 0 Å². The van der Waals surface area contributed by atoms with Gasteiger partial charge in [0.25, 0.3) is 5.91 Å². The van der Waals surface area contributed by atoms with Crippen LogP contribution in [0.25, 0.3) is 0 Å². The van der Waals surface area contributed by atoms with E-state index in [1.807, 2.05) is 11.6 Å². The van der Waals surface area contributed by atoms with Gasteiger partial charge in [-0.15, -0.1) is 11.3 Å². The number of methoxy groups -OCH3 is 1. The Morgan fingerprint density at radius 1 is 1.41 bits per heavy atom. The molecule has 0 saturated carbocycles. The lowest BCUT2D eigenvalue weighted by atomic mass is 9.93. The van der Waals surface area contributed by atoms with Crippen molar-refractivity contribution in [3.05, 3.63) is 57.8 Å². The minimum absolute atomic E-state index is 0.106. The summed E-state index contributed by atoms with van der Waals surface area (Å²) in [5, 5.41) is 12.1. The Balaban J connectivity index is 1.41. The van der Waals surface area contributed by atoms with Crippen LogP contribution < -0.4 is 14.8 Å². The van der Waals surface area contributed by atoms with Crippen molar-refractivity contribution >= 4 is 17.2 Å². The van der Waals surface area contributed by atoms with Crippen LogP contribution in [0.4, 0.5) is 0 Å². The van der Waals surface area contributed by atoms with E-state index in [0.717, 1.165) is 25.0 Å². The Morgan fingerprint density at radius 2 is 2.33 bits per heavy atom. The number of carbonyl (C=O) groups is 1. The van der Waals surface area contributed by atoms with E-state index in [1.54, 1.807) is 30.8 Å². The van der Waals surface area contributed by atoms with Gasteiger partial charge in [0.05, 0.1) is 24.5 Å². The minimum Gasteiger partial charge on any atom is -0.493 e. The standard InChI is InChI=1S/C19H20N4O3S/c1-25-18-7-12(2-5-17(18)26-9-15-10-27-11-20-15)19(24)22-14-3-4-16-13(6-14)8-21-23-16/h2,5,7-8,10-11,14H,3-4,6,9H2,1H3,(H,21,23)(H,22,24). The number of amides is 1. The van der Waals surface area contributed by atoms with E-state index >= 15 is 0 Å². The Kier molecular flexibility index (Phi) is 5.06. The largest absolute Gasteiger partial charge is 0.493 e. The number of rotatable bonds is 6. The summed E-state index contributed by atoms with van der Waals surface area (Å²) < 4.78 is 11.2. The number of nitrogens with zero attached hydrogens (tertiary/aromatic N) is 2. The number of hydrogen-bond acceptors (Lipinski definition) is 6. The zero-order chi connectivity index (χ0) is 18.6. The molecule has 7 nitrogen and oxygen atoms in total. The fraction of sp³-hybridized carbons (Fsp3) is 0.316. The number of aromatic nitrogens is 3. The average molecular weight is 384 g/mol. The first kappa shape index (κ1) is 17.5. The van der Waals surface area contributed by atoms with E-state index in [2.05, 4.69) is 20.5 Å². The molecule has 4 rings (SSSR count). The van der Waals surface area contributed by atoms with Crippen LogP contribution in [0.1, 0.15) is 33.7 Å². The van der Waals surface area contributed by atoms with Crippen LogP contribution in [-0.4, -0.2) is 34.2 Å². The number of nitrogens with one attached hydrogen (secondary N) is 2. The van der Waals surface area contributed by atoms with Gasteiger partial charge in [-0.05, 0) is 43.0 Å². The molecule has 140 valence electrons. The number of H-pyrrole nitrogens is 1. The zero-order valence-electron chi connectivity index (χ0n) is 14.9. The Bertz CT molecular complexity index is 923. The lowest BCUT2D eigenvalue weighted by Crippen LogP contribution is -2.38. The second-order valence-corrected chi connectivity index (χ2v) is 7.14. The molecule has 27 heavy (non-hydrogen) atoms. The molecule has 2 heterocycles. The molecule has 0 saturated heterocycles. The number of carbonyl (C=O) groups excluding carboxylic acids is 1. The van der Waals surface area contributed by atoms with Crippen molar-refractivity contribution in [1.82, 2.24) is 20.5 Å². The van der Waals surface area contributed by atoms with E-state index in [0.29, 0.717) is 23.7 Å². The van der Waals surface area contributed by atoms with Gasteiger partial charge in [-0.1, -0.05) is 0 Å². The number of fused-ring (bicyclic) bond motifs is 1. The summed E-state index contributed by atoms with van der Waals surface area (Å²) in [6.07, 6.45) is 4.43. The second kappa shape index (κ2) is 7.79. The predicted octanol–water partition coefficient (Wildman–Crippen LogP) is 2.74. The first-order chi connectivity index (χ1) is 13.2. The summed E-state index contributed by atoms with van der Waals surface area (Å²) in [6, 6.07) is 5.32. The lowest BCUT2D eigenvalue weighted by Gasteiger charge is -2.23. The van der Waals surface area contributed by atoms with Gasteiger partial charge in [0.2, 0.25) is 0 Å². The van der Waals surface area contributed by atoms with Crippen molar-refractivity contribution in [3.8, 4) is 11.5 Å². The Morgan fingerprint density at radius 3 is 3.15 bits per heavy atom. The number of aryl methyl sites for hydroxylation is 1. The fourth-order valence-electron chi connectivity index (χ4n) is 3.20. The predicted molar refractivity (Wildman–Crippen MR) is 101 cm³/mol. The highest BCUT2D eigenvalue weighted by atomic mass is 32.1. The molecule has 2 aromatic heterocycles. The molecule has 1 aliphatic carbocycles. The highest BCUT2D eigenvalue weighted by molar-refractivity contribution is 7.07. The van der Waals surface area contributed by atoms with Crippen LogP contribution in [0.15, 0.2) is 35.3 Å². The third-order valence-corrected chi connectivity index (χ3v) is 5.27. The molecule has 1 aliphatic rings. The molecule has 3 aromatic rings. The normalized spacial score (nSPS) is 15.8. The lowest BCUT2D eigenvalue weighted by molar-refractivity contribution is 0.0933. The van der Waals surface area contributed by atoms with E-state index < -0.39 is 0 Å². The summed E-state index contributed by atoms with van der Waals surface area (Å²) in [6.45, 7) is 0.362. The monoisotopic (exact) mass is 384 g/mol. The van der Waals surface area contributed by atoms with Gasteiger partial charge in [-0.3, -0.25) is 9.89 Å². The third-order valence-electron chi connectivity index (χ3n) is 4.64. The number of benzene rings is 1. The molecule has 2 N–H and O–H groups in total. The van der Waals surface area contributed by atoms with Gasteiger partial charge >= 0.3 is 0 Å². The first-order valence-electron chi connectivity index (χ1n) is 8.73. The summed E-state index contributed by atoms with van der Waals surface area (Å²) in [7, 11) is 1.56. The van der Waals surface area contributed by atoms with Crippen LogP contribution in [0.3, 0.4) is 0 Å². The topological polar surface area (TPSA) is 89.1 Å². The van der Waals surface area contributed by atoms with Crippen molar-refractivity contribution in [2.45, 2.75) is 31.9 Å². The molecule has 0 spiro atoms. The zero-order valence-corrected chi connectivity index (χ0v) is 15.7. The molecule has 1 unspecified atom stereocenters. The van der Waals surface area contributed by atoms with Gasteiger partial charge in [0, 0.05) is 22.7 Å². The maximum absolute atomic E-state index is 12.6. The number of thiazole rings is 1. The van der Waals surface area contributed by atoms with E-state index in [9.17, 15) is 4.79 Å². The first-order valence-corrected chi connectivity index (χ1v) is 9.67. The van der Waals surface area contributed by atoms with Crippen molar-refractivity contribution in [1.29, 1.82) is 0 Å². The van der Waals surface area contributed by atoms with Crippen LogP contribution in [0.5, 0.6) is 11.5 Å². The highest BCUT2D eigenvalue weighted by Crippen LogP contribution is 2.29. The molecular formula is C19H20N4O3S. The second-order valence-electron chi connectivity index (χ2n) is 6.42. The fourth-order valence-corrected chi connectivity index (χ4v) is 3.74. The number of aromatic amines is 1. The smallest absolute Gasteiger partial charge is 0.251 e. The maximum atomic E-state index is 12.6. The van der Waals surface area contributed by atoms with Gasteiger partial charge in [-0.2, -0.15) is 5.10 Å². The molecule has 8 heteroatoms. The molecule has 0 bridgehead atoms. The van der Waals surface area contributed by atoms with Gasteiger partial charge in [-0.25, -0.2) is 4.98 Å². The molecule has 0 radical (unpaired) electrons. The molecular weight excluding hydrogens is 364 g/mol. The van der Waals surface area contributed by atoms with E-state index in [4.69, 9.17) is 9.47 Å². The summed E-state index contributed by atoms with van der Waals surface area (Å²) in [4.78, 5) is 16.8. The molecule has 1 aromatic carbocycles. The van der Waals surface area contributed by atoms with Crippen molar-refractivity contribution in [2.75, 3.05) is 7.11 Å². The van der Waals surface area contributed by atoms with E-state index in [1.165, 1.54) is 22.6 Å². The third kappa shape index (κ3) is 3.95. The SMILES string of the molecule is COc1cc(C(=O)NC2CCc3[nH]ncc3C2)ccc1OCc1cscn1. The Labute approximate surface area is 160 Å². The van der Waals surface area contributed by atoms with Crippen LogP contribution in [-0.2, 0) is 19.4 Å². The van der Waals surface area contributed by atoms with Crippen molar-refractivity contribution < 1.29 is 14.3 Å². The van der Waals surface area contributed by atoms with Crippen LogP contribution in [0, 0.1) is 0 Å². The molecule has 0 fully saturated rings. The molecule has 1 amide bonds. The molecule has 0 aliphatic heterocycles. The minimum atomic E-state index is -0.115. The highest BCUT2D eigenvalue weighted by Gasteiger charge is 2.22. The van der Waals surface area contributed by atoms with Crippen LogP contribution >= 0.6 is 11.3 Å². The summed E-state index contributed by atoms with van der Waals surface area (Å²) >= 11 is 1.52. The van der Waals surface area contributed by atoms with E-state index in [-0.39, 0.29) is 11.9 Å². The van der Waals surface area contributed by atoms with Crippen LogP contribution in [0.2, 0.25) is 0 Å². The average Bonchev–Trinajstić information content (AvgIpc) is 3.37. The van der Waals surface area contributed by atoms with Gasteiger partial charge in [0.1, 0.15) is 6.61 Å².